The second kappa shape index (κ2) is 16.7. The van der Waals surface area contributed by atoms with Gasteiger partial charge in [0.25, 0.3) is 8.32 Å². The molecule has 294 valence electrons. The van der Waals surface area contributed by atoms with E-state index in [4.69, 9.17) is 9.08 Å². The van der Waals surface area contributed by atoms with E-state index >= 15 is 0 Å². The first-order valence-corrected chi connectivity index (χ1v) is 22.2. The number of nitrogens with zero attached hydrogens (tertiary/aromatic N) is 1. The molecule has 2 heterocycles. The molecule has 0 saturated carbocycles. The molecule has 4 aromatic carbocycles. The first-order valence-electron chi connectivity index (χ1n) is 19.5. The summed E-state index contributed by atoms with van der Waals surface area (Å²) >= 11 is 3.49. The number of benzene rings is 4. The van der Waals surface area contributed by atoms with Crippen LogP contribution in [0.15, 0.2) is 124 Å². The number of phenolic OH excluding ortho intramolecular Hbond substituents is 1. The molecule has 0 bridgehead atoms. The third kappa shape index (κ3) is 8.03. The predicted octanol–water partition coefficient (Wildman–Crippen LogP) is 5.60. The Balaban J connectivity index is 1.31. The Hall–Kier alpha value is -4.07. The van der Waals surface area contributed by atoms with Crippen molar-refractivity contribution in [2.24, 2.45) is 17.8 Å². The maximum absolute atomic E-state index is 14.5. The van der Waals surface area contributed by atoms with Crippen LogP contribution in [0.5, 0.6) is 5.75 Å². The standard InChI is InChI=1S/C44H48B2BrNO8Si/c1-28(22-29-23-32(47)19-20-38(29)49)18-21-39-40-30(27-55-57(44(2,3)4,34-14-7-5-8-15-34)35-16-9-6-10-17-35)24-36-41(37(40)26-45(52)56-39)43(51)48(42(36)50)33-13-11-12-31(25-33)46(53)54/h5-17,19-20,22-23,25,36-37,39,41,49,52-54H,18,21,24,26-27H2,1-4H3/b28-22+/t36-,37+,39-,41-/m1/s1. The van der Waals surface area contributed by atoms with Gasteiger partial charge in [-0.05, 0) is 101 Å². The SMILES string of the molecule is C/C(=C\c1cc(Br)ccc1O)CC[C@H]1OB(O)C[C@H]2C1=C(CO[Si](c1ccccc1)(c1ccccc1)C(C)(C)C)C[C@H]1C(=O)N(c3cccc(B(O)O)c3)C(=O)[C@H]12. The first-order chi connectivity index (χ1) is 27.2. The van der Waals surface area contributed by atoms with Crippen LogP contribution in [0.2, 0.25) is 11.4 Å². The topological polar surface area (TPSA) is 137 Å². The summed E-state index contributed by atoms with van der Waals surface area (Å²) in [7, 11) is -5.96. The molecule has 2 saturated heterocycles. The number of halogens is 1. The van der Waals surface area contributed by atoms with Crippen LogP contribution in [0, 0.1) is 17.8 Å². The van der Waals surface area contributed by atoms with Crippen molar-refractivity contribution in [3.8, 4) is 5.75 Å². The molecule has 0 unspecified atom stereocenters. The van der Waals surface area contributed by atoms with Crippen LogP contribution in [-0.4, -0.2) is 67.3 Å². The normalized spacial score (nSPS) is 21.5. The van der Waals surface area contributed by atoms with Gasteiger partial charge in [-0.25, -0.2) is 0 Å². The molecule has 4 atom stereocenters. The third-order valence-electron chi connectivity index (χ3n) is 11.8. The average molecular weight is 848 g/mol. The van der Waals surface area contributed by atoms with Crippen molar-refractivity contribution in [1.29, 1.82) is 0 Å². The molecule has 2 amide bonds. The minimum atomic E-state index is -3.03. The van der Waals surface area contributed by atoms with E-state index in [2.05, 4.69) is 61.0 Å². The van der Waals surface area contributed by atoms with Gasteiger partial charge in [-0.15, -0.1) is 0 Å². The number of aromatic hydroxyl groups is 1. The van der Waals surface area contributed by atoms with Gasteiger partial charge in [0.05, 0.1) is 30.2 Å². The number of hydrogen-bond acceptors (Lipinski definition) is 8. The quantitative estimate of drug-likeness (QED) is 0.0872. The van der Waals surface area contributed by atoms with Crippen LogP contribution in [0.3, 0.4) is 0 Å². The molecule has 9 nitrogen and oxygen atoms in total. The van der Waals surface area contributed by atoms with E-state index < -0.39 is 46.4 Å². The van der Waals surface area contributed by atoms with Crippen molar-refractivity contribution in [3.05, 3.63) is 130 Å². The molecule has 1 aliphatic carbocycles. The minimum absolute atomic E-state index is 0.138. The Morgan fingerprint density at radius 1 is 0.947 bits per heavy atom. The zero-order chi connectivity index (χ0) is 40.6. The summed E-state index contributed by atoms with van der Waals surface area (Å²) in [6, 6.07) is 32.2. The van der Waals surface area contributed by atoms with E-state index in [9.17, 15) is 29.8 Å². The maximum atomic E-state index is 14.5. The molecule has 3 aliphatic rings. The molecular formula is C44H48B2BrNO8Si. The number of allylic oxidation sites excluding steroid dienone is 1. The molecule has 13 heteroatoms. The summed E-state index contributed by atoms with van der Waals surface area (Å²) in [4.78, 5) is 30.2. The fourth-order valence-corrected chi connectivity index (χ4v) is 14.2. The highest BCUT2D eigenvalue weighted by atomic mass is 79.9. The van der Waals surface area contributed by atoms with Crippen molar-refractivity contribution in [1.82, 2.24) is 0 Å². The van der Waals surface area contributed by atoms with E-state index in [-0.39, 0.29) is 53.1 Å². The van der Waals surface area contributed by atoms with Gasteiger partial charge in [0.2, 0.25) is 11.8 Å². The highest BCUT2D eigenvalue weighted by Crippen LogP contribution is 2.52. The number of hydrogen-bond donors (Lipinski definition) is 4. The van der Waals surface area contributed by atoms with Gasteiger partial charge in [-0.1, -0.05) is 121 Å². The predicted molar refractivity (Wildman–Crippen MR) is 231 cm³/mol. The Morgan fingerprint density at radius 2 is 1.61 bits per heavy atom. The zero-order valence-electron chi connectivity index (χ0n) is 32.6. The summed E-state index contributed by atoms with van der Waals surface area (Å²) in [6.07, 6.45) is 2.84. The van der Waals surface area contributed by atoms with Crippen LogP contribution in [0.25, 0.3) is 6.08 Å². The minimum Gasteiger partial charge on any atom is -0.507 e. The van der Waals surface area contributed by atoms with Gasteiger partial charge in [0.15, 0.2) is 0 Å². The van der Waals surface area contributed by atoms with Crippen molar-refractivity contribution < 1.29 is 38.8 Å². The second-order valence-corrected chi connectivity index (χ2v) is 21.7. The summed E-state index contributed by atoms with van der Waals surface area (Å²) in [5.41, 5.74) is 3.92. The van der Waals surface area contributed by atoms with Gasteiger partial charge < -0.3 is 29.3 Å². The number of anilines is 1. The van der Waals surface area contributed by atoms with Crippen molar-refractivity contribution in [2.75, 3.05) is 11.5 Å². The lowest BCUT2D eigenvalue weighted by Crippen LogP contribution is -2.66. The number of imide groups is 1. The molecule has 2 aliphatic heterocycles. The van der Waals surface area contributed by atoms with Crippen molar-refractivity contribution in [2.45, 2.75) is 64.4 Å². The van der Waals surface area contributed by atoms with E-state index in [1.54, 1.807) is 24.3 Å². The molecule has 0 radical (unpaired) electrons. The Kier molecular flexibility index (Phi) is 12.0. The fourth-order valence-electron chi connectivity index (χ4n) is 9.27. The van der Waals surface area contributed by atoms with Crippen molar-refractivity contribution >= 4 is 77.9 Å². The van der Waals surface area contributed by atoms with Gasteiger partial charge in [0.1, 0.15) is 5.75 Å². The summed E-state index contributed by atoms with van der Waals surface area (Å²) in [5, 5.41) is 43.6. The number of amides is 2. The molecule has 7 rings (SSSR count). The number of rotatable bonds is 11. The Bertz CT molecular complexity index is 2160. The highest BCUT2D eigenvalue weighted by Gasteiger charge is 2.58. The molecule has 0 spiro atoms. The van der Waals surface area contributed by atoms with Crippen LogP contribution < -0.4 is 20.7 Å². The van der Waals surface area contributed by atoms with E-state index in [0.717, 1.165) is 31.6 Å². The first kappa shape index (κ1) is 41.1. The van der Waals surface area contributed by atoms with Crippen LogP contribution in [0.4, 0.5) is 5.69 Å². The van der Waals surface area contributed by atoms with E-state index in [1.807, 2.05) is 55.5 Å². The Morgan fingerprint density at radius 3 is 2.25 bits per heavy atom. The summed E-state index contributed by atoms with van der Waals surface area (Å²) in [5.74, 6) is -2.53. The number of carbonyl (C=O) groups is 2. The summed E-state index contributed by atoms with van der Waals surface area (Å²) < 4.78 is 14.7. The molecule has 4 aromatic rings. The average Bonchev–Trinajstić information content (AvgIpc) is 3.44. The second-order valence-electron chi connectivity index (χ2n) is 16.5. The summed E-state index contributed by atoms with van der Waals surface area (Å²) in [6.45, 7) is 8.83. The van der Waals surface area contributed by atoms with Crippen LogP contribution >= 0.6 is 15.9 Å². The Labute approximate surface area is 344 Å². The van der Waals surface area contributed by atoms with Gasteiger partial charge >= 0.3 is 14.2 Å². The number of carbonyl (C=O) groups excluding carboxylic acids is 2. The van der Waals surface area contributed by atoms with Crippen molar-refractivity contribution in [3.63, 3.8) is 0 Å². The lowest BCUT2D eigenvalue weighted by atomic mass is 9.58. The number of fused-ring (bicyclic) bond motifs is 3. The highest BCUT2D eigenvalue weighted by molar-refractivity contribution is 9.10. The van der Waals surface area contributed by atoms with E-state index in [0.29, 0.717) is 18.4 Å². The molecular weight excluding hydrogens is 800 g/mol. The van der Waals surface area contributed by atoms with E-state index in [1.165, 1.54) is 17.0 Å². The smallest absolute Gasteiger partial charge is 0.488 e. The molecule has 0 aromatic heterocycles. The van der Waals surface area contributed by atoms with Gasteiger partial charge in [-0.2, -0.15) is 0 Å². The lowest BCUT2D eigenvalue weighted by Gasteiger charge is -2.46. The monoisotopic (exact) mass is 847 g/mol. The van der Waals surface area contributed by atoms with Crippen LogP contribution in [-0.2, 0) is 18.7 Å². The number of phenols is 1. The lowest BCUT2D eigenvalue weighted by molar-refractivity contribution is -0.122. The van der Waals surface area contributed by atoms with Gasteiger partial charge in [0, 0.05) is 10.0 Å². The third-order valence-corrected chi connectivity index (χ3v) is 17.3. The van der Waals surface area contributed by atoms with Crippen LogP contribution in [0.1, 0.15) is 52.5 Å². The molecule has 4 N–H and O–H groups in total. The van der Waals surface area contributed by atoms with Gasteiger partial charge in [-0.3, -0.25) is 14.5 Å². The molecule has 57 heavy (non-hydrogen) atoms. The molecule has 2 fully saturated rings. The maximum Gasteiger partial charge on any atom is 0.488 e. The largest absolute Gasteiger partial charge is 0.507 e. The zero-order valence-corrected chi connectivity index (χ0v) is 35.2. The fraction of sp³-hybridized carbons (Fsp3) is 0.318.